The summed E-state index contributed by atoms with van der Waals surface area (Å²) < 4.78 is 27.8. The Morgan fingerprint density at radius 3 is 2.50 bits per heavy atom. The smallest absolute Gasteiger partial charge is 0.239 e. The highest BCUT2D eigenvalue weighted by molar-refractivity contribution is 5.97. The zero-order valence-electron chi connectivity index (χ0n) is 19.5. The Bertz CT molecular complexity index is 1400. The first kappa shape index (κ1) is 23.4. The Morgan fingerprint density at radius 1 is 1.00 bits per heavy atom. The van der Waals surface area contributed by atoms with E-state index in [0.29, 0.717) is 24.3 Å². The van der Waals surface area contributed by atoms with Crippen molar-refractivity contribution >= 4 is 34.0 Å². The summed E-state index contributed by atoms with van der Waals surface area (Å²) in [5, 5.41) is 4.65. The van der Waals surface area contributed by atoms with Gasteiger partial charge in [0.05, 0.1) is 19.5 Å². The molecule has 0 saturated carbocycles. The minimum Gasteiger partial charge on any atom is -0.360 e. The maximum atomic E-state index is 13.9. The molecule has 1 aliphatic rings. The largest absolute Gasteiger partial charge is 0.360 e. The molecule has 4 aromatic rings. The van der Waals surface area contributed by atoms with Crippen LogP contribution in [0.15, 0.2) is 79.1 Å². The van der Waals surface area contributed by atoms with Crippen LogP contribution in [0.2, 0.25) is 0 Å². The average molecular weight is 487 g/mol. The van der Waals surface area contributed by atoms with Gasteiger partial charge in [0.25, 0.3) is 0 Å². The maximum Gasteiger partial charge on any atom is 0.239 e. The van der Waals surface area contributed by atoms with Gasteiger partial charge in [-0.05, 0) is 52.9 Å². The van der Waals surface area contributed by atoms with Gasteiger partial charge in [-0.3, -0.25) is 14.6 Å². The van der Waals surface area contributed by atoms with Crippen molar-refractivity contribution in [3.05, 3.63) is 102 Å². The fourth-order valence-electron chi connectivity index (χ4n) is 4.49. The molecule has 1 aromatic heterocycles. The van der Waals surface area contributed by atoms with Crippen molar-refractivity contribution in [3.63, 3.8) is 0 Å². The van der Waals surface area contributed by atoms with Gasteiger partial charge in [0.1, 0.15) is 11.6 Å². The second-order valence-electron chi connectivity index (χ2n) is 8.74. The molecule has 182 valence electrons. The van der Waals surface area contributed by atoms with Crippen LogP contribution in [0.25, 0.3) is 10.8 Å². The first-order valence-corrected chi connectivity index (χ1v) is 11.6. The van der Waals surface area contributed by atoms with Crippen molar-refractivity contribution in [1.82, 2.24) is 10.3 Å². The van der Waals surface area contributed by atoms with Gasteiger partial charge < -0.3 is 15.1 Å². The number of nitrogens with one attached hydrogen (secondary N) is 1. The van der Waals surface area contributed by atoms with E-state index in [1.54, 1.807) is 24.5 Å². The van der Waals surface area contributed by atoms with Gasteiger partial charge in [-0.25, -0.2) is 8.78 Å². The van der Waals surface area contributed by atoms with Crippen molar-refractivity contribution in [1.29, 1.82) is 0 Å². The summed E-state index contributed by atoms with van der Waals surface area (Å²) in [7, 11) is 0. The van der Waals surface area contributed by atoms with E-state index in [-0.39, 0.29) is 31.3 Å². The fourth-order valence-corrected chi connectivity index (χ4v) is 4.49. The van der Waals surface area contributed by atoms with Crippen LogP contribution in [0.4, 0.5) is 20.2 Å². The Labute approximate surface area is 207 Å². The average Bonchev–Trinajstić information content (AvgIpc) is 2.87. The molecule has 2 amide bonds. The number of nitrogens with zero attached hydrogens (tertiary/aromatic N) is 3. The highest BCUT2D eigenvalue weighted by Gasteiger charge is 2.21. The lowest BCUT2D eigenvalue weighted by atomic mass is 10.0. The van der Waals surface area contributed by atoms with Crippen molar-refractivity contribution in [2.45, 2.75) is 13.0 Å². The number of carbonyl (C=O) groups excluding carboxylic acids is 2. The summed E-state index contributed by atoms with van der Waals surface area (Å²) in [6.45, 7) is 1.51. The Morgan fingerprint density at radius 2 is 1.75 bits per heavy atom. The molecule has 1 N–H and O–H groups in total. The molecule has 0 bridgehead atoms. The van der Waals surface area contributed by atoms with E-state index in [0.717, 1.165) is 28.1 Å². The predicted molar refractivity (Wildman–Crippen MR) is 135 cm³/mol. The summed E-state index contributed by atoms with van der Waals surface area (Å²) in [6, 6.07) is 18.2. The monoisotopic (exact) mass is 486 g/mol. The second kappa shape index (κ2) is 10.1. The minimum atomic E-state index is -0.700. The topological polar surface area (TPSA) is 65.5 Å². The van der Waals surface area contributed by atoms with Crippen LogP contribution in [0.3, 0.4) is 0 Å². The molecule has 0 atom stereocenters. The fraction of sp³-hybridized carbons (Fsp3) is 0.179. The first-order chi connectivity index (χ1) is 17.5. The molecule has 0 spiro atoms. The van der Waals surface area contributed by atoms with Crippen molar-refractivity contribution < 1.29 is 18.4 Å². The molecule has 0 unspecified atom stereocenters. The van der Waals surface area contributed by atoms with E-state index >= 15 is 0 Å². The van der Waals surface area contributed by atoms with Gasteiger partial charge in [0, 0.05) is 48.3 Å². The van der Waals surface area contributed by atoms with Crippen LogP contribution in [-0.4, -0.2) is 36.4 Å². The summed E-state index contributed by atoms with van der Waals surface area (Å²) in [6.07, 6.45) is 3.49. The van der Waals surface area contributed by atoms with E-state index in [1.807, 2.05) is 41.3 Å². The van der Waals surface area contributed by atoms with Gasteiger partial charge in [-0.15, -0.1) is 0 Å². The lowest BCUT2D eigenvalue weighted by Gasteiger charge is -2.29. The number of benzene rings is 3. The highest BCUT2D eigenvalue weighted by Crippen LogP contribution is 2.25. The predicted octanol–water partition coefficient (Wildman–Crippen LogP) is 4.23. The Hall–Kier alpha value is -4.33. The molecule has 1 saturated heterocycles. The molecule has 1 aliphatic heterocycles. The molecular formula is C28H24F2N4O2. The first-order valence-electron chi connectivity index (χ1n) is 11.6. The number of hydrogen-bond donors (Lipinski definition) is 1. The van der Waals surface area contributed by atoms with Crippen molar-refractivity contribution in [2.75, 3.05) is 29.4 Å². The van der Waals surface area contributed by atoms with Gasteiger partial charge in [-0.2, -0.15) is 0 Å². The molecule has 2 heterocycles. The number of rotatable bonds is 6. The number of aromatic nitrogens is 1. The van der Waals surface area contributed by atoms with Crippen molar-refractivity contribution in [2.24, 2.45) is 0 Å². The van der Waals surface area contributed by atoms with E-state index < -0.39 is 11.6 Å². The highest BCUT2D eigenvalue weighted by atomic mass is 19.1. The SMILES string of the molecule is O=C1CN(c2ccc(N(Cc3cc(F)cc(F)c3)C(=O)Cc3cncc4ccccc34)cc2)CCN1. The Kier molecular flexibility index (Phi) is 6.58. The zero-order valence-corrected chi connectivity index (χ0v) is 19.5. The van der Waals surface area contributed by atoms with Gasteiger partial charge in [-0.1, -0.05) is 24.3 Å². The van der Waals surface area contributed by atoms with Gasteiger partial charge in [0.15, 0.2) is 0 Å². The number of hydrogen-bond acceptors (Lipinski definition) is 4. The third-order valence-corrected chi connectivity index (χ3v) is 6.22. The zero-order chi connectivity index (χ0) is 25.1. The molecule has 3 aromatic carbocycles. The summed E-state index contributed by atoms with van der Waals surface area (Å²) in [5.74, 6) is -1.68. The molecule has 0 radical (unpaired) electrons. The number of amides is 2. The van der Waals surface area contributed by atoms with Gasteiger partial charge in [0.2, 0.25) is 11.8 Å². The molecule has 36 heavy (non-hydrogen) atoms. The third-order valence-electron chi connectivity index (χ3n) is 6.22. The van der Waals surface area contributed by atoms with E-state index in [2.05, 4.69) is 10.3 Å². The van der Waals surface area contributed by atoms with Crippen LogP contribution < -0.4 is 15.1 Å². The molecular weight excluding hydrogens is 462 g/mol. The van der Waals surface area contributed by atoms with Crippen LogP contribution in [0, 0.1) is 11.6 Å². The second-order valence-corrected chi connectivity index (χ2v) is 8.74. The lowest BCUT2D eigenvalue weighted by molar-refractivity contribution is -0.120. The minimum absolute atomic E-state index is 0.00280. The molecule has 8 heteroatoms. The summed E-state index contributed by atoms with van der Waals surface area (Å²) >= 11 is 0. The number of piperazine rings is 1. The quantitative estimate of drug-likeness (QED) is 0.443. The molecule has 6 nitrogen and oxygen atoms in total. The van der Waals surface area contributed by atoms with Crippen molar-refractivity contribution in [3.8, 4) is 0 Å². The maximum absolute atomic E-state index is 13.9. The molecule has 5 rings (SSSR count). The summed E-state index contributed by atoms with van der Waals surface area (Å²) in [5.41, 5.74) is 2.55. The van der Waals surface area contributed by atoms with Gasteiger partial charge >= 0.3 is 0 Å². The number of pyridine rings is 1. The lowest BCUT2D eigenvalue weighted by Crippen LogP contribution is -2.47. The van der Waals surface area contributed by atoms with Crippen LogP contribution in [0.1, 0.15) is 11.1 Å². The van der Waals surface area contributed by atoms with E-state index in [4.69, 9.17) is 0 Å². The molecule has 0 aliphatic carbocycles. The normalized spacial score (nSPS) is 13.5. The number of anilines is 2. The number of carbonyl (C=O) groups is 2. The number of halogens is 2. The van der Waals surface area contributed by atoms with Crippen LogP contribution >= 0.6 is 0 Å². The van der Waals surface area contributed by atoms with Crippen LogP contribution in [0.5, 0.6) is 0 Å². The Balaban J connectivity index is 1.46. The third kappa shape index (κ3) is 5.17. The van der Waals surface area contributed by atoms with Crippen LogP contribution in [-0.2, 0) is 22.6 Å². The van der Waals surface area contributed by atoms with E-state index in [9.17, 15) is 18.4 Å². The number of fused-ring (bicyclic) bond motifs is 1. The standard InChI is InChI=1S/C28H24F2N4O2/c29-22-11-19(12-23(30)14-22)17-34(25-7-5-24(6-8-25)33-10-9-32-27(35)18-33)28(36)13-21-16-31-15-20-3-1-2-4-26(20)21/h1-8,11-12,14-16H,9-10,13,17-18H2,(H,32,35). The van der Waals surface area contributed by atoms with E-state index in [1.165, 1.54) is 17.0 Å². The summed E-state index contributed by atoms with van der Waals surface area (Å²) in [4.78, 5) is 33.1. The molecule has 1 fully saturated rings.